The molecule has 4 rings (SSSR count). The molecule has 0 saturated carbocycles. The number of rotatable bonds is 10. The Morgan fingerprint density at radius 3 is 2.59 bits per heavy atom. The zero-order chi connectivity index (χ0) is 23.8. The van der Waals surface area contributed by atoms with E-state index in [-0.39, 0.29) is 5.91 Å². The first-order valence-electron chi connectivity index (χ1n) is 12.1. The molecule has 2 saturated heterocycles. The molecule has 1 aromatic carbocycles. The average Bonchev–Trinajstić information content (AvgIpc) is 3.36. The number of para-hydroxylation sites is 1. The van der Waals surface area contributed by atoms with E-state index in [0.717, 1.165) is 76.6 Å². The number of likely N-dealkylation sites (tertiary alicyclic amines) is 1. The molecule has 9 heteroatoms. The molecule has 0 aliphatic carbocycles. The molecule has 1 aromatic heterocycles. The van der Waals surface area contributed by atoms with Gasteiger partial charge in [-0.25, -0.2) is 4.98 Å². The number of aromatic nitrogens is 1. The van der Waals surface area contributed by atoms with Crippen LogP contribution in [-0.2, 0) is 17.8 Å². The highest BCUT2D eigenvalue weighted by Gasteiger charge is 2.23. The SMILES string of the molecule is COc1cccc(CN(CCN2CCOCC2)Cc2nc(C(=O)N3CCCCC3)co2)c1OC. The minimum absolute atomic E-state index is 0.0379. The van der Waals surface area contributed by atoms with Crippen molar-refractivity contribution in [1.29, 1.82) is 0 Å². The predicted octanol–water partition coefficient (Wildman–Crippen LogP) is 2.65. The van der Waals surface area contributed by atoms with E-state index in [9.17, 15) is 4.79 Å². The second-order valence-corrected chi connectivity index (χ2v) is 8.80. The van der Waals surface area contributed by atoms with Gasteiger partial charge in [0.05, 0.1) is 34.0 Å². The molecule has 0 spiro atoms. The number of carbonyl (C=O) groups is 1. The van der Waals surface area contributed by atoms with Gasteiger partial charge in [-0.3, -0.25) is 14.6 Å². The fraction of sp³-hybridized carbons (Fsp3) is 0.600. The van der Waals surface area contributed by atoms with Crippen LogP contribution in [-0.4, -0.2) is 92.3 Å². The molecule has 3 heterocycles. The van der Waals surface area contributed by atoms with Gasteiger partial charge in [0.25, 0.3) is 5.91 Å². The van der Waals surface area contributed by atoms with Crippen molar-refractivity contribution in [2.75, 3.05) is 66.7 Å². The number of morpholine rings is 1. The predicted molar refractivity (Wildman–Crippen MR) is 127 cm³/mol. The van der Waals surface area contributed by atoms with E-state index in [1.165, 1.54) is 12.7 Å². The van der Waals surface area contributed by atoms with Crippen LogP contribution in [0.5, 0.6) is 11.5 Å². The van der Waals surface area contributed by atoms with Gasteiger partial charge < -0.3 is 23.5 Å². The standard InChI is InChI=1S/C25H36N4O5/c1-31-22-8-6-7-20(24(22)32-2)17-28(12-11-27-13-15-33-16-14-27)18-23-26-21(19-34-23)25(30)29-9-4-3-5-10-29/h6-8,19H,3-5,9-18H2,1-2H3. The maximum atomic E-state index is 12.8. The molecule has 2 aromatic rings. The number of ether oxygens (including phenoxy) is 3. The number of methoxy groups -OCH3 is 2. The second kappa shape index (κ2) is 12.2. The van der Waals surface area contributed by atoms with Crippen molar-refractivity contribution < 1.29 is 23.4 Å². The highest BCUT2D eigenvalue weighted by atomic mass is 16.5. The van der Waals surface area contributed by atoms with Crippen LogP contribution in [0.1, 0.15) is 41.2 Å². The van der Waals surface area contributed by atoms with Gasteiger partial charge in [-0.15, -0.1) is 0 Å². The van der Waals surface area contributed by atoms with Crippen LogP contribution in [0.4, 0.5) is 0 Å². The molecule has 2 aliphatic rings. The van der Waals surface area contributed by atoms with Crippen molar-refractivity contribution in [2.24, 2.45) is 0 Å². The van der Waals surface area contributed by atoms with Crippen molar-refractivity contribution in [3.8, 4) is 11.5 Å². The minimum Gasteiger partial charge on any atom is -0.493 e. The van der Waals surface area contributed by atoms with Gasteiger partial charge in [-0.1, -0.05) is 12.1 Å². The number of carbonyl (C=O) groups excluding carboxylic acids is 1. The summed E-state index contributed by atoms with van der Waals surface area (Å²) in [4.78, 5) is 23.9. The molecule has 2 fully saturated rings. The summed E-state index contributed by atoms with van der Waals surface area (Å²) < 4.78 is 22.4. The lowest BCUT2D eigenvalue weighted by Crippen LogP contribution is -2.41. The van der Waals surface area contributed by atoms with Gasteiger partial charge >= 0.3 is 0 Å². The lowest BCUT2D eigenvalue weighted by Gasteiger charge is -2.30. The molecule has 0 radical (unpaired) electrons. The number of piperidine rings is 1. The van der Waals surface area contributed by atoms with Crippen molar-refractivity contribution >= 4 is 5.91 Å². The van der Waals surface area contributed by atoms with E-state index in [1.807, 2.05) is 23.1 Å². The smallest absolute Gasteiger partial charge is 0.275 e. The molecule has 1 amide bonds. The lowest BCUT2D eigenvalue weighted by molar-refractivity contribution is 0.0320. The Morgan fingerprint density at radius 2 is 1.85 bits per heavy atom. The van der Waals surface area contributed by atoms with E-state index in [0.29, 0.717) is 30.4 Å². The van der Waals surface area contributed by atoms with Crippen LogP contribution >= 0.6 is 0 Å². The van der Waals surface area contributed by atoms with E-state index in [2.05, 4.69) is 14.8 Å². The van der Waals surface area contributed by atoms with E-state index in [1.54, 1.807) is 14.2 Å². The zero-order valence-corrected chi connectivity index (χ0v) is 20.3. The first kappa shape index (κ1) is 24.5. The Morgan fingerprint density at radius 1 is 1.06 bits per heavy atom. The summed E-state index contributed by atoms with van der Waals surface area (Å²) in [6.45, 7) is 7.86. The van der Waals surface area contributed by atoms with Gasteiger partial charge in [-0.2, -0.15) is 0 Å². The molecule has 0 unspecified atom stereocenters. The van der Waals surface area contributed by atoms with Gasteiger partial charge in [0.15, 0.2) is 17.2 Å². The number of hydrogen-bond acceptors (Lipinski definition) is 8. The largest absolute Gasteiger partial charge is 0.493 e. The molecule has 9 nitrogen and oxygen atoms in total. The maximum Gasteiger partial charge on any atom is 0.275 e. The van der Waals surface area contributed by atoms with Crippen LogP contribution < -0.4 is 9.47 Å². The van der Waals surface area contributed by atoms with Crippen molar-refractivity contribution in [3.63, 3.8) is 0 Å². The van der Waals surface area contributed by atoms with Crippen molar-refractivity contribution in [2.45, 2.75) is 32.4 Å². The second-order valence-electron chi connectivity index (χ2n) is 8.80. The fourth-order valence-electron chi connectivity index (χ4n) is 4.57. The first-order chi connectivity index (χ1) is 16.7. The minimum atomic E-state index is -0.0379. The van der Waals surface area contributed by atoms with Gasteiger partial charge in [0, 0.05) is 51.4 Å². The number of benzene rings is 1. The number of oxazole rings is 1. The van der Waals surface area contributed by atoms with Crippen molar-refractivity contribution in [3.05, 3.63) is 41.6 Å². The third kappa shape index (κ3) is 6.28. The summed E-state index contributed by atoms with van der Waals surface area (Å²) in [6.07, 6.45) is 4.78. The Bertz CT molecular complexity index is 922. The summed E-state index contributed by atoms with van der Waals surface area (Å²) in [6, 6.07) is 5.91. The zero-order valence-electron chi connectivity index (χ0n) is 20.3. The molecule has 0 atom stereocenters. The quantitative estimate of drug-likeness (QED) is 0.522. The highest BCUT2D eigenvalue weighted by Crippen LogP contribution is 2.31. The van der Waals surface area contributed by atoms with Gasteiger partial charge in [-0.05, 0) is 25.3 Å². The molecular formula is C25H36N4O5. The summed E-state index contributed by atoms with van der Waals surface area (Å²) >= 11 is 0. The van der Waals surface area contributed by atoms with Crippen LogP contribution in [0.2, 0.25) is 0 Å². The van der Waals surface area contributed by atoms with Crippen LogP contribution in [0.25, 0.3) is 0 Å². The van der Waals surface area contributed by atoms with E-state index >= 15 is 0 Å². The van der Waals surface area contributed by atoms with Crippen molar-refractivity contribution in [1.82, 2.24) is 19.7 Å². The summed E-state index contributed by atoms with van der Waals surface area (Å²) in [5, 5.41) is 0. The Kier molecular flexibility index (Phi) is 8.79. The van der Waals surface area contributed by atoms with Crippen LogP contribution in [0.15, 0.2) is 28.9 Å². The fourth-order valence-corrected chi connectivity index (χ4v) is 4.57. The Hall–Kier alpha value is -2.62. The molecule has 0 bridgehead atoms. The van der Waals surface area contributed by atoms with Gasteiger partial charge in [0.2, 0.25) is 5.89 Å². The number of amides is 1. The maximum absolute atomic E-state index is 12.8. The van der Waals surface area contributed by atoms with E-state index in [4.69, 9.17) is 18.6 Å². The normalized spacial score (nSPS) is 17.2. The topological polar surface area (TPSA) is 80.5 Å². The summed E-state index contributed by atoms with van der Waals surface area (Å²) in [5.74, 6) is 1.95. The van der Waals surface area contributed by atoms with Crippen LogP contribution in [0, 0.1) is 0 Å². The third-order valence-corrected chi connectivity index (χ3v) is 6.49. The monoisotopic (exact) mass is 472 g/mol. The Labute approximate surface area is 201 Å². The number of hydrogen-bond donors (Lipinski definition) is 0. The highest BCUT2D eigenvalue weighted by molar-refractivity contribution is 5.92. The summed E-state index contributed by atoms with van der Waals surface area (Å²) in [5.41, 5.74) is 1.42. The molecular weight excluding hydrogens is 436 g/mol. The first-order valence-corrected chi connectivity index (χ1v) is 12.1. The Balaban J connectivity index is 1.47. The average molecular weight is 473 g/mol. The molecule has 186 valence electrons. The van der Waals surface area contributed by atoms with Gasteiger partial charge in [0.1, 0.15) is 6.26 Å². The lowest BCUT2D eigenvalue weighted by atomic mass is 10.1. The van der Waals surface area contributed by atoms with Crippen LogP contribution in [0.3, 0.4) is 0 Å². The molecule has 34 heavy (non-hydrogen) atoms. The third-order valence-electron chi connectivity index (χ3n) is 6.49. The molecule has 2 aliphatic heterocycles. The number of nitrogens with zero attached hydrogens (tertiary/aromatic N) is 4. The molecule has 0 N–H and O–H groups in total. The summed E-state index contributed by atoms with van der Waals surface area (Å²) in [7, 11) is 3.30. The van der Waals surface area contributed by atoms with E-state index < -0.39 is 0 Å².